The lowest BCUT2D eigenvalue weighted by Crippen LogP contribution is -2.53. The van der Waals surface area contributed by atoms with Crippen LogP contribution in [0.4, 0.5) is 0 Å². The van der Waals surface area contributed by atoms with E-state index < -0.39 is 6.04 Å². The molecule has 0 saturated heterocycles. The van der Waals surface area contributed by atoms with Crippen LogP contribution in [0, 0.1) is 13.8 Å². The minimum atomic E-state index is -0.712. The molecule has 0 unspecified atom stereocenters. The van der Waals surface area contributed by atoms with Crippen LogP contribution in [-0.4, -0.2) is 35.4 Å². The standard InChI is InChI=1S/C30H35ClN2O3/c1-5-23(4)32-30(35)27(18-24-10-7-6-8-11-24)33(19-25-12-9-13-26(31)17-25)29(34)20-36-28-15-14-21(2)16-22(28)3/h6-17,23,27H,5,18-20H2,1-4H3,(H,32,35)/t23-,27+/m0/s1. The van der Waals surface area contributed by atoms with Crippen LogP contribution < -0.4 is 10.1 Å². The molecule has 2 amide bonds. The van der Waals surface area contributed by atoms with Gasteiger partial charge in [0, 0.05) is 24.0 Å². The Bertz CT molecular complexity index is 1170. The van der Waals surface area contributed by atoms with Gasteiger partial charge in [0.05, 0.1) is 0 Å². The summed E-state index contributed by atoms with van der Waals surface area (Å²) in [5.41, 5.74) is 3.90. The lowest BCUT2D eigenvalue weighted by atomic mass is 10.0. The summed E-state index contributed by atoms with van der Waals surface area (Å²) in [5.74, 6) is 0.200. The summed E-state index contributed by atoms with van der Waals surface area (Å²) in [6.07, 6.45) is 1.18. The molecule has 0 spiro atoms. The van der Waals surface area contributed by atoms with Gasteiger partial charge in [-0.1, -0.05) is 78.7 Å². The molecule has 5 nitrogen and oxygen atoms in total. The van der Waals surface area contributed by atoms with Gasteiger partial charge in [0.1, 0.15) is 11.8 Å². The number of ether oxygens (including phenoxy) is 1. The largest absolute Gasteiger partial charge is 0.483 e. The average molecular weight is 507 g/mol. The second kappa shape index (κ2) is 13.1. The number of nitrogens with one attached hydrogen (secondary N) is 1. The molecule has 0 bridgehead atoms. The number of rotatable bonds is 11. The number of benzene rings is 3. The quantitative estimate of drug-likeness (QED) is 0.352. The second-order valence-electron chi connectivity index (χ2n) is 9.23. The number of hydrogen-bond acceptors (Lipinski definition) is 3. The van der Waals surface area contributed by atoms with Crippen LogP contribution in [0.5, 0.6) is 5.75 Å². The highest BCUT2D eigenvalue weighted by atomic mass is 35.5. The topological polar surface area (TPSA) is 58.6 Å². The number of amides is 2. The maximum atomic E-state index is 13.7. The Balaban J connectivity index is 1.92. The Kier molecular flexibility index (Phi) is 9.95. The molecule has 0 aliphatic rings. The molecule has 36 heavy (non-hydrogen) atoms. The highest BCUT2D eigenvalue weighted by Crippen LogP contribution is 2.21. The summed E-state index contributed by atoms with van der Waals surface area (Å²) in [6, 6.07) is 22.2. The summed E-state index contributed by atoms with van der Waals surface area (Å²) in [4.78, 5) is 28.8. The Labute approximate surface area is 219 Å². The van der Waals surface area contributed by atoms with Crippen molar-refractivity contribution in [2.24, 2.45) is 0 Å². The zero-order valence-electron chi connectivity index (χ0n) is 21.5. The van der Waals surface area contributed by atoms with Crippen LogP contribution >= 0.6 is 11.6 Å². The number of carbonyl (C=O) groups is 2. The average Bonchev–Trinajstić information content (AvgIpc) is 2.86. The van der Waals surface area contributed by atoms with Gasteiger partial charge in [0.25, 0.3) is 5.91 Å². The summed E-state index contributed by atoms with van der Waals surface area (Å²) in [6.45, 7) is 8.01. The molecule has 0 aliphatic heterocycles. The molecule has 1 N–H and O–H groups in total. The fourth-order valence-electron chi connectivity index (χ4n) is 4.01. The fraction of sp³-hybridized carbons (Fsp3) is 0.333. The highest BCUT2D eigenvalue weighted by molar-refractivity contribution is 6.30. The first kappa shape index (κ1) is 27.3. The maximum Gasteiger partial charge on any atom is 0.261 e. The Hall–Kier alpha value is -3.31. The van der Waals surface area contributed by atoms with Gasteiger partial charge in [0.2, 0.25) is 5.91 Å². The SMILES string of the molecule is CC[C@H](C)NC(=O)[C@@H](Cc1ccccc1)N(Cc1cccc(Cl)c1)C(=O)COc1ccc(C)cc1C. The van der Waals surface area contributed by atoms with Crippen molar-refractivity contribution >= 4 is 23.4 Å². The molecule has 3 aromatic rings. The molecule has 190 valence electrons. The third-order valence-electron chi connectivity index (χ3n) is 6.20. The van der Waals surface area contributed by atoms with Crippen LogP contribution in [0.25, 0.3) is 0 Å². The van der Waals surface area contributed by atoms with Gasteiger partial charge in [-0.2, -0.15) is 0 Å². The minimum absolute atomic E-state index is 0.00893. The number of carbonyl (C=O) groups excluding carboxylic acids is 2. The Morgan fingerprint density at radius 2 is 1.69 bits per heavy atom. The van der Waals surface area contributed by atoms with E-state index in [1.807, 2.05) is 94.4 Å². The monoisotopic (exact) mass is 506 g/mol. The summed E-state index contributed by atoms with van der Waals surface area (Å²) >= 11 is 6.23. The number of aryl methyl sites for hydroxylation is 2. The van der Waals surface area contributed by atoms with Crippen molar-refractivity contribution in [3.05, 3.63) is 100 Å². The molecule has 2 atom stereocenters. The lowest BCUT2D eigenvalue weighted by molar-refractivity contribution is -0.143. The molecule has 0 fully saturated rings. The maximum absolute atomic E-state index is 13.7. The third kappa shape index (κ3) is 7.85. The van der Waals surface area contributed by atoms with E-state index in [2.05, 4.69) is 5.32 Å². The summed E-state index contributed by atoms with van der Waals surface area (Å²) < 4.78 is 5.93. The third-order valence-corrected chi connectivity index (χ3v) is 6.43. The van der Waals surface area contributed by atoms with E-state index in [1.54, 1.807) is 11.0 Å². The van der Waals surface area contributed by atoms with Crippen molar-refractivity contribution in [1.82, 2.24) is 10.2 Å². The van der Waals surface area contributed by atoms with Crippen LogP contribution in [0.1, 0.15) is 42.5 Å². The number of hydrogen-bond donors (Lipinski definition) is 1. The molecular weight excluding hydrogens is 472 g/mol. The predicted octanol–water partition coefficient (Wildman–Crippen LogP) is 5.89. The fourth-order valence-corrected chi connectivity index (χ4v) is 4.22. The van der Waals surface area contributed by atoms with Crippen molar-refractivity contribution in [2.75, 3.05) is 6.61 Å². The molecule has 6 heteroatoms. The van der Waals surface area contributed by atoms with Crippen molar-refractivity contribution in [1.29, 1.82) is 0 Å². The number of nitrogens with zero attached hydrogens (tertiary/aromatic N) is 1. The van der Waals surface area contributed by atoms with Crippen LogP contribution in [-0.2, 0) is 22.6 Å². The van der Waals surface area contributed by atoms with E-state index in [9.17, 15) is 9.59 Å². The zero-order valence-corrected chi connectivity index (χ0v) is 22.2. The minimum Gasteiger partial charge on any atom is -0.483 e. The first-order valence-electron chi connectivity index (χ1n) is 12.3. The van der Waals surface area contributed by atoms with E-state index in [0.717, 1.165) is 28.7 Å². The van der Waals surface area contributed by atoms with Gasteiger partial charge in [-0.25, -0.2) is 0 Å². The molecule has 0 radical (unpaired) electrons. The van der Waals surface area contributed by atoms with Crippen LogP contribution in [0.15, 0.2) is 72.8 Å². The van der Waals surface area contributed by atoms with Gasteiger partial charge >= 0.3 is 0 Å². The van der Waals surface area contributed by atoms with Gasteiger partial charge in [-0.05, 0) is 62.1 Å². The van der Waals surface area contributed by atoms with E-state index in [1.165, 1.54) is 0 Å². The summed E-state index contributed by atoms with van der Waals surface area (Å²) in [7, 11) is 0. The molecule has 0 aliphatic carbocycles. The molecule has 3 rings (SSSR count). The second-order valence-corrected chi connectivity index (χ2v) is 9.67. The van der Waals surface area contributed by atoms with Crippen molar-refractivity contribution in [2.45, 2.75) is 59.2 Å². The predicted molar refractivity (Wildman–Crippen MR) is 145 cm³/mol. The summed E-state index contributed by atoms with van der Waals surface area (Å²) in [5, 5.41) is 3.65. The van der Waals surface area contributed by atoms with Crippen LogP contribution in [0.3, 0.4) is 0 Å². The van der Waals surface area contributed by atoms with Crippen molar-refractivity contribution in [3.8, 4) is 5.75 Å². The first-order chi connectivity index (χ1) is 17.3. The Morgan fingerprint density at radius 3 is 2.36 bits per heavy atom. The van der Waals surface area contributed by atoms with E-state index in [4.69, 9.17) is 16.3 Å². The lowest BCUT2D eigenvalue weighted by Gasteiger charge is -2.32. The van der Waals surface area contributed by atoms with E-state index >= 15 is 0 Å². The molecule has 3 aromatic carbocycles. The van der Waals surface area contributed by atoms with Crippen molar-refractivity contribution < 1.29 is 14.3 Å². The number of halogens is 1. The first-order valence-corrected chi connectivity index (χ1v) is 12.7. The van der Waals surface area contributed by atoms with E-state index in [-0.39, 0.29) is 31.0 Å². The van der Waals surface area contributed by atoms with Gasteiger partial charge in [0.15, 0.2) is 6.61 Å². The zero-order chi connectivity index (χ0) is 26.1. The molecular formula is C30H35ClN2O3. The van der Waals surface area contributed by atoms with Crippen molar-refractivity contribution in [3.63, 3.8) is 0 Å². The molecule has 0 aromatic heterocycles. The van der Waals surface area contributed by atoms with Gasteiger partial charge in [-0.15, -0.1) is 0 Å². The van der Waals surface area contributed by atoms with E-state index in [0.29, 0.717) is 17.2 Å². The normalized spacial score (nSPS) is 12.5. The van der Waals surface area contributed by atoms with Gasteiger partial charge < -0.3 is 15.0 Å². The molecule has 0 saturated carbocycles. The highest BCUT2D eigenvalue weighted by Gasteiger charge is 2.31. The Morgan fingerprint density at radius 1 is 0.972 bits per heavy atom. The van der Waals surface area contributed by atoms with Gasteiger partial charge in [-0.3, -0.25) is 9.59 Å². The smallest absolute Gasteiger partial charge is 0.261 e. The molecule has 0 heterocycles. The van der Waals surface area contributed by atoms with Crippen LogP contribution in [0.2, 0.25) is 5.02 Å².